The molecule has 1 aromatic rings. The lowest BCUT2D eigenvalue weighted by molar-refractivity contribution is -0.139. The van der Waals surface area contributed by atoms with Crippen LogP contribution in [-0.2, 0) is 25.5 Å². The molecule has 1 aromatic carbocycles. The summed E-state index contributed by atoms with van der Waals surface area (Å²) in [6, 6.07) is 4.82. The Balaban J connectivity index is 1.94. The monoisotopic (exact) mass is 333 g/mol. The minimum absolute atomic E-state index is 0.00740. The van der Waals surface area contributed by atoms with Crippen molar-refractivity contribution < 1.29 is 19.1 Å². The summed E-state index contributed by atoms with van der Waals surface area (Å²) in [4.78, 5) is 37.7. The third kappa shape index (κ3) is 2.77. The molecule has 120 valence electrons. The van der Waals surface area contributed by atoms with Gasteiger partial charge in [-0.05, 0) is 49.4 Å². The van der Waals surface area contributed by atoms with Gasteiger partial charge in [0.2, 0.25) is 0 Å². The van der Waals surface area contributed by atoms with Crippen molar-refractivity contribution in [1.82, 2.24) is 0 Å². The summed E-state index contributed by atoms with van der Waals surface area (Å²) in [5.74, 6) is -0.937. The fraction of sp³-hybridized carbons (Fsp3) is 0.353. The number of hydrogen-bond acceptors (Lipinski definition) is 4. The van der Waals surface area contributed by atoms with Gasteiger partial charge in [0, 0.05) is 16.2 Å². The van der Waals surface area contributed by atoms with Crippen LogP contribution in [0.25, 0.3) is 0 Å². The molecule has 0 radical (unpaired) electrons. The van der Waals surface area contributed by atoms with E-state index in [1.54, 1.807) is 18.2 Å². The van der Waals surface area contributed by atoms with Crippen LogP contribution in [0.2, 0.25) is 5.02 Å². The molecule has 2 aliphatic rings. The Kier molecular flexibility index (Phi) is 4.22. The molecule has 1 aliphatic heterocycles. The van der Waals surface area contributed by atoms with E-state index in [9.17, 15) is 14.4 Å². The molecule has 0 N–H and O–H groups in total. The average molecular weight is 334 g/mol. The highest BCUT2D eigenvalue weighted by Crippen LogP contribution is 2.36. The number of benzene rings is 1. The Hall–Kier alpha value is -2.14. The summed E-state index contributed by atoms with van der Waals surface area (Å²) >= 11 is 6.09. The van der Waals surface area contributed by atoms with Crippen LogP contribution in [0.15, 0.2) is 29.3 Å². The summed E-state index contributed by atoms with van der Waals surface area (Å²) in [6.45, 7) is 0. The number of halogens is 1. The molecule has 0 fully saturated rings. The second kappa shape index (κ2) is 6.16. The highest BCUT2D eigenvalue weighted by Gasteiger charge is 2.39. The first-order chi connectivity index (χ1) is 11.0. The van der Waals surface area contributed by atoms with Gasteiger partial charge in [-0.25, -0.2) is 4.90 Å². The smallest absolute Gasteiger partial charge is 0.310 e. The maximum atomic E-state index is 12.5. The predicted molar refractivity (Wildman–Crippen MR) is 85.2 cm³/mol. The van der Waals surface area contributed by atoms with Gasteiger partial charge in [-0.2, -0.15) is 0 Å². The van der Waals surface area contributed by atoms with E-state index in [2.05, 4.69) is 4.74 Å². The van der Waals surface area contributed by atoms with Gasteiger partial charge >= 0.3 is 5.97 Å². The first kappa shape index (κ1) is 15.7. The van der Waals surface area contributed by atoms with E-state index in [0.717, 1.165) is 12.8 Å². The van der Waals surface area contributed by atoms with Gasteiger partial charge in [-0.15, -0.1) is 0 Å². The van der Waals surface area contributed by atoms with Gasteiger partial charge in [-0.3, -0.25) is 14.4 Å². The van der Waals surface area contributed by atoms with Crippen molar-refractivity contribution in [2.24, 2.45) is 0 Å². The van der Waals surface area contributed by atoms with E-state index in [0.29, 0.717) is 40.3 Å². The zero-order valence-electron chi connectivity index (χ0n) is 12.7. The fourth-order valence-electron chi connectivity index (χ4n) is 3.04. The van der Waals surface area contributed by atoms with E-state index in [1.807, 2.05) is 0 Å². The number of hydrogen-bond donors (Lipinski definition) is 0. The van der Waals surface area contributed by atoms with Gasteiger partial charge in [-0.1, -0.05) is 11.6 Å². The predicted octanol–water partition coefficient (Wildman–Crippen LogP) is 2.80. The topological polar surface area (TPSA) is 63.7 Å². The molecular weight excluding hydrogens is 318 g/mol. The standard InChI is InChI=1S/C17H16ClNO4/c1-23-15(20)9-10-8-11(6-7-14(10)18)19-16(21)12-4-2-3-5-13(12)17(19)22/h6-8H,2-5,9H2,1H3. The van der Waals surface area contributed by atoms with Crippen LogP contribution in [-0.4, -0.2) is 24.9 Å². The van der Waals surface area contributed by atoms with Crippen molar-refractivity contribution in [3.63, 3.8) is 0 Å². The van der Waals surface area contributed by atoms with Crippen LogP contribution in [0, 0.1) is 0 Å². The maximum absolute atomic E-state index is 12.5. The van der Waals surface area contributed by atoms with Gasteiger partial charge < -0.3 is 4.74 Å². The van der Waals surface area contributed by atoms with Crippen molar-refractivity contribution in [2.45, 2.75) is 32.1 Å². The number of carbonyl (C=O) groups is 3. The zero-order valence-corrected chi connectivity index (χ0v) is 13.5. The zero-order chi connectivity index (χ0) is 16.6. The molecule has 3 rings (SSSR count). The molecule has 0 aromatic heterocycles. The Morgan fingerprint density at radius 3 is 2.35 bits per heavy atom. The van der Waals surface area contributed by atoms with Crippen molar-refractivity contribution in [3.05, 3.63) is 39.9 Å². The van der Waals surface area contributed by atoms with Gasteiger partial charge in [0.1, 0.15) is 0 Å². The van der Waals surface area contributed by atoms with Crippen LogP contribution in [0.3, 0.4) is 0 Å². The number of methoxy groups -OCH3 is 1. The lowest BCUT2D eigenvalue weighted by Gasteiger charge is -2.16. The van der Waals surface area contributed by atoms with Crippen LogP contribution in [0.1, 0.15) is 31.2 Å². The maximum Gasteiger partial charge on any atom is 0.310 e. The quantitative estimate of drug-likeness (QED) is 0.630. The molecule has 0 atom stereocenters. The van der Waals surface area contributed by atoms with Crippen LogP contribution >= 0.6 is 11.6 Å². The SMILES string of the molecule is COC(=O)Cc1cc(N2C(=O)C3=C(CCCC3)C2=O)ccc1Cl. The molecule has 1 aliphatic carbocycles. The van der Waals surface area contributed by atoms with Crippen LogP contribution < -0.4 is 4.90 Å². The molecule has 0 unspecified atom stereocenters. The minimum Gasteiger partial charge on any atom is -0.469 e. The number of carbonyl (C=O) groups excluding carboxylic acids is 3. The summed E-state index contributed by atoms with van der Waals surface area (Å²) in [5, 5.41) is 0.399. The normalized spacial score (nSPS) is 17.6. The second-order valence-corrected chi connectivity index (χ2v) is 6.05. The van der Waals surface area contributed by atoms with Gasteiger partial charge in [0.25, 0.3) is 11.8 Å². The van der Waals surface area contributed by atoms with E-state index in [-0.39, 0.29) is 18.2 Å². The lowest BCUT2D eigenvalue weighted by atomic mass is 9.93. The highest BCUT2D eigenvalue weighted by molar-refractivity contribution is 6.34. The fourth-order valence-corrected chi connectivity index (χ4v) is 3.22. The van der Waals surface area contributed by atoms with Crippen molar-refractivity contribution >= 4 is 35.1 Å². The molecule has 5 nitrogen and oxygen atoms in total. The van der Waals surface area contributed by atoms with E-state index in [4.69, 9.17) is 11.6 Å². The number of nitrogens with zero attached hydrogens (tertiary/aromatic N) is 1. The van der Waals surface area contributed by atoms with Crippen molar-refractivity contribution in [2.75, 3.05) is 12.0 Å². The number of rotatable bonds is 3. The molecule has 1 heterocycles. The molecule has 23 heavy (non-hydrogen) atoms. The third-order valence-electron chi connectivity index (χ3n) is 4.24. The number of imide groups is 1. The lowest BCUT2D eigenvalue weighted by Crippen LogP contribution is -2.31. The summed E-state index contributed by atoms with van der Waals surface area (Å²) < 4.78 is 4.64. The summed E-state index contributed by atoms with van der Waals surface area (Å²) in [7, 11) is 1.30. The van der Waals surface area contributed by atoms with Crippen LogP contribution in [0.4, 0.5) is 5.69 Å². The Morgan fingerprint density at radius 1 is 1.17 bits per heavy atom. The number of esters is 1. The third-order valence-corrected chi connectivity index (χ3v) is 4.61. The second-order valence-electron chi connectivity index (χ2n) is 5.64. The van der Waals surface area contributed by atoms with E-state index in [1.165, 1.54) is 12.0 Å². The van der Waals surface area contributed by atoms with Crippen LogP contribution in [0.5, 0.6) is 0 Å². The largest absolute Gasteiger partial charge is 0.469 e. The summed E-state index contributed by atoms with van der Waals surface area (Å²) in [5.41, 5.74) is 2.23. The minimum atomic E-state index is -0.430. The van der Waals surface area contributed by atoms with Gasteiger partial charge in [0.15, 0.2) is 0 Å². The molecule has 0 spiro atoms. The Bertz CT molecular complexity index is 710. The number of anilines is 1. The first-order valence-electron chi connectivity index (χ1n) is 7.49. The molecule has 0 saturated heterocycles. The summed E-state index contributed by atoms with van der Waals surface area (Å²) in [6.07, 6.45) is 3.16. The molecule has 6 heteroatoms. The molecule has 0 saturated carbocycles. The van der Waals surface area contributed by atoms with Crippen molar-refractivity contribution in [1.29, 1.82) is 0 Å². The Morgan fingerprint density at radius 2 is 1.78 bits per heavy atom. The molecule has 0 bridgehead atoms. The Labute approximate surface area is 138 Å². The number of ether oxygens (including phenoxy) is 1. The van der Waals surface area contributed by atoms with Gasteiger partial charge in [0.05, 0.1) is 19.2 Å². The van der Waals surface area contributed by atoms with E-state index < -0.39 is 5.97 Å². The van der Waals surface area contributed by atoms with Crippen molar-refractivity contribution in [3.8, 4) is 0 Å². The number of amides is 2. The van der Waals surface area contributed by atoms with E-state index >= 15 is 0 Å². The first-order valence-corrected chi connectivity index (χ1v) is 7.86. The molecule has 2 amide bonds. The highest BCUT2D eigenvalue weighted by atomic mass is 35.5. The average Bonchev–Trinajstić information content (AvgIpc) is 2.81. The molecular formula is C17H16ClNO4.